The Morgan fingerprint density at radius 2 is 2.00 bits per heavy atom. The van der Waals surface area contributed by atoms with Gasteiger partial charge in [0.05, 0.1) is 18.1 Å². The standard InChI is InChI=1S/C16H19ClO3/c1-12(18)20-15-8-7-14(17)9-16(10-15)19-11-13-5-3-2-4-6-13/h2-8,14-16H,9-11H2,1H3/t14-,15+,16+/m1/s1. The van der Waals surface area contributed by atoms with E-state index in [-0.39, 0.29) is 23.6 Å². The molecule has 1 aliphatic carbocycles. The van der Waals surface area contributed by atoms with Crippen molar-refractivity contribution in [2.45, 2.75) is 44.0 Å². The van der Waals surface area contributed by atoms with Crippen molar-refractivity contribution in [3.8, 4) is 0 Å². The van der Waals surface area contributed by atoms with Crippen LogP contribution in [0.5, 0.6) is 0 Å². The first-order valence-electron chi connectivity index (χ1n) is 6.78. The van der Waals surface area contributed by atoms with Crippen molar-refractivity contribution in [2.24, 2.45) is 0 Å². The van der Waals surface area contributed by atoms with Gasteiger partial charge in [-0.2, -0.15) is 0 Å². The minimum absolute atomic E-state index is 0.0166. The van der Waals surface area contributed by atoms with E-state index in [9.17, 15) is 4.79 Å². The lowest BCUT2D eigenvalue weighted by Gasteiger charge is -2.20. The Hall–Kier alpha value is -1.32. The minimum atomic E-state index is -0.283. The highest BCUT2D eigenvalue weighted by Gasteiger charge is 2.23. The topological polar surface area (TPSA) is 35.5 Å². The Morgan fingerprint density at radius 3 is 2.70 bits per heavy atom. The van der Waals surface area contributed by atoms with Gasteiger partial charge in [0.1, 0.15) is 6.10 Å². The molecule has 0 spiro atoms. The number of halogens is 1. The molecule has 0 heterocycles. The average Bonchev–Trinajstić information content (AvgIpc) is 2.59. The van der Waals surface area contributed by atoms with Crippen LogP contribution >= 0.6 is 11.6 Å². The van der Waals surface area contributed by atoms with Crippen molar-refractivity contribution in [3.05, 3.63) is 48.0 Å². The zero-order chi connectivity index (χ0) is 14.4. The highest BCUT2D eigenvalue weighted by atomic mass is 35.5. The van der Waals surface area contributed by atoms with Gasteiger partial charge in [-0.3, -0.25) is 4.79 Å². The van der Waals surface area contributed by atoms with E-state index in [1.165, 1.54) is 6.92 Å². The number of rotatable bonds is 4. The van der Waals surface area contributed by atoms with Gasteiger partial charge < -0.3 is 9.47 Å². The third kappa shape index (κ3) is 4.99. The molecule has 1 aromatic carbocycles. The molecule has 0 aliphatic heterocycles. The molecule has 1 aromatic rings. The van der Waals surface area contributed by atoms with Gasteiger partial charge in [-0.15, -0.1) is 11.6 Å². The number of ether oxygens (including phenoxy) is 2. The van der Waals surface area contributed by atoms with Crippen LogP contribution < -0.4 is 0 Å². The van der Waals surface area contributed by atoms with E-state index in [0.717, 1.165) is 12.0 Å². The van der Waals surface area contributed by atoms with Crippen LogP contribution in [0.25, 0.3) is 0 Å². The molecule has 0 saturated carbocycles. The van der Waals surface area contributed by atoms with Gasteiger partial charge in [-0.25, -0.2) is 0 Å². The summed E-state index contributed by atoms with van der Waals surface area (Å²) >= 11 is 6.19. The molecule has 0 fully saturated rings. The fourth-order valence-corrected chi connectivity index (χ4v) is 2.52. The first kappa shape index (κ1) is 15.1. The van der Waals surface area contributed by atoms with Crippen LogP contribution in [-0.4, -0.2) is 23.6 Å². The predicted octanol–water partition coefficient (Wildman–Crippen LogP) is 3.46. The van der Waals surface area contributed by atoms with Gasteiger partial charge in [0.2, 0.25) is 0 Å². The maximum Gasteiger partial charge on any atom is 0.303 e. The monoisotopic (exact) mass is 294 g/mol. The van der Waals surface area contributed by atoms with E-state index in [1.54, 1.807) is 0 Å². The van der Waals surface area contributed by atoms with E-state index in [2.05, 4.69) is 0 Å². The summed E-state index contributed by atoms with van der Waals surface area (Å²) in [6.07, 6.45) is 4.83. The summed E-state index contributed by atoms with van der Waals surface area (Å²) in [6.45, 7) is 1.96. The lowest BCUT2D eigenvalue weighted by atomic mass is 10.1. The molecule has 0 saturated heterocycles. The Bertz CT molecular complexity index is 458. The molecule has 2 rings (SSSR count). The van der Waals surface area contributed by atoms with Crippen LogP contribution in [0.15, 0.2) is 42.5 Å². The maximum atomic E-state index is 11.1. The second kappa shape index (κ2) is 7.46. The number of allylic oxidation sites excluding steroid dienone is 1. The lowest BCUT2D eigenvalue weighted by Crippen LogP contribution is -2.23. The number of hydrogen-bond donors (Lipinski definition) is 0. The Kier molecular flexibility index (Phi) is 5.62. The third-order valence-electron chi connectivity index (χ3n) is 3.16. The molecule has 108 valence electrons. The fourth-order valence-electron chi connectivity index (χ4n) is 2.23. The summed E-state index contributed by atoms with van der Waals surface area (Å²) < 4.78 is 11.2. The highest BCUT2D eigenvalue weighted by Crippen LogP contribution is 2.22. The normalized spacial score (nSPS) is 26.0. The first-order chi connectivity index (χ1) is 9.63. The quantitative estimate of drug-likeness (QED) is 0.485. The van der Waals surface area contributed by atoms with E-state index in [1.807, 2.05) is 42.5 Å². The Morgan fingerprint density at radius 1 is 1.25 bits per heavy atom. The summed E-state index contributed by atoms with van der Waals surface area (Å²) in [5.41, 5.74) is 1.12. The summed E-state index contributed by atoms with van der Waals surface area (Å²) in [5, 5.41) is -0.0867. The molecule has 0 radical (unpaired) electrons. The van der Waals surface area contributed by atoms with Crippen LogP contribution in [0, 0.1) is 0 Å². The van der Waals surface area contributed by atoms with Gasteiger partial charge in [-0.05, 0) is 18.1 Å². The van der Waals surface area contributed by atoms with Crippen LogP contribution in [-0.2, 0) is 20.9 Å². The molecule has 0 unspecified atom stereocenters. The number of hydrogen-bond acceptors (Lipinski definition) is 3. The summed E-state index contributed by atoms with van der Waals surface area (Å²) in [4.78, 5) is 11.1. The summed E-state index contributed by atoms with van der Waals surface area (Å²) in [7, 11) is 0. The Labute approximate surface area is 124 Å². The molecular formula is C16H19ClO3. The predicted molar refractivity (Wildman–Crippen MR) is 78.6 cm³/mol. The Balaban J connectivity index is 1.91. The fraction of sp³-hybridized carbons (Fsp3) is 0.438. The second-order valence-corrected chi connectivity index (χ2v) is 5.50. The van der Waals surface area contributed by atoms with Gasteiger partial charge in [0.15, 0.2) is 0 Å². The summed E-state index contributed by atoms with van der Waals surface area (Å²) in [6, 6.07) is 10.00. The van der Waals surface area contributed by atoms with Crippen molar-refractivity contribution < 1.29 is 14.3 Å². The SMILES string of the molecule is CC(=O)O[C@H]1C=C[C@@H](Cl)C[C@H](OCc2ccccc2)C1. The molecule has 4 heteroatoms. The molecular weight excluding hydrogens is 276 g/mol. The number of benzene rings is 1. The largest absolute Gasteiger partial charge is 0.458 e. The molecule has 1 aliphatic rings. The lowest BCUT2D eigenvalue weighted by molar-refractivity contribution is -0.145. The number of esters is 1. The average molecular weight is 295 g/mol. The molecule has 0 amide bonds. The van der Waals surface area contributed by atoms with E-state index < -0.39 is 0 Å². The number of alkyl halides is 1. The van der Waals surface area contributed by atoms with Crippen molar-refractivity contribution in [1.29, 1.82) is 0 Å². The molecule has 0 bridgehead atoms. The van der Waals surface area contributed by atoms with Crippen molar-refractivity contribution >= 4 is 17.6 Å². The van der Waals surface area contributed by atoms with Crippen LogP contribution in [0.2, 0.25) is 0 Å². The van der Waals surface area contributed by atoms with Gasteiger partial charge in [0.25, 0.3) is 0 Å². The third-order valence-corrected chi connectivity index (χ3v) is 3.49. The maximum absolute atomic E-state index is 11.1. The molecule has 20 heavy (non-hydrogen) atoms. The zero-order valence-corrected chi connectivity index (χ0v) is 12.3. The molecule has 0 aromatic heterocycles. The van der Waals surface area contributed by atoms with Crippen molar-refractivity contribution in [3.63, 3.8) is 0 Å². The zero-order valence-electron chi connectivity index (χ0n) is 11.5. The summed E-state index contributed by atoms with van der Waals surface area (Å²) in [5.74, 6) is -0.283. The van der Waals surface area contributed by atoms with Crippen molar-refractivity contribution in [1.82, 2.24) is 0 Å². The first-order valence-corrected chi connectivity index (χ1v) is 7.22. The van der Waals surface area contributed by atoms with E-state index in [0.29, 0.717) is 13.0 Å². The van der Waals surface area contributed by atoms with Gasteiger partial charge in [-0.1, -0.05) is 36.4 Å². The van der Waals surface area contributed by atoms with Crippen LogP contribution in [0.4, 0.5) is 0 Å². The smallest absolute Gasteiger partial charge is 0.303 e. The molecule has 3 atom stereocenters. The molecule has 0 N–H and O–H groups in total. The van der Waals surface area contributed by atoms with Crippen LogP contribution in [0.1, 0.15) is 25.3 Å². The van der Waals surface area contributed by atoms with Crippen molar-refractivity contribution in [2.75, 3.05) is 0 Å². The highest BCUT2D eigenvalue weighted by molar-refractivity contribution is 6.21. The van der Waals surface area contributed by atoms with E-state index in [4.69, 9.17) is 21.1 Å². The number of carbonyl (C=O) groups is 1. The molecule has 3 nitrogen and oxygen atoms in total. The minimum Gasteiger partial charge on any atom is -0.458 e. The van der Waals surface area contributed by atoms with Gasteiger partial charge >= 0.3 is 5.97 Å². The van der Waals surface area contributed by atoms with Gasteiger partial charge in [0, 0.05) is 13.3 Å². The van der Waals surface area contributed by atoms with Crippen LogP contribution in [0.3, 0.4) is 0 Å². The second-order valence-electron chi connectivity index (χ2n) is 4.94. The van der Waals surface area contributed by atoms with E-state index >= 15 is 0 Å². The number of carbonyl (C=O) groups excluding carboxylic acids is 1.